The Morgan fingerprint density at radius 3 is 2.76 bits per heavy atom. The first kappa shape index (κ1) is 20.7. The number of hydrogen-bond acceptors (Lipinski definition) is 6. The molecule has 5 rings (SSSR count). The minimum atomic E-state index is -0.353. The summed E-state index contributed by atoms with van der Waals surface area (Å²) in [6, 6.07) is 14.7. The largest absolute Gasteiger partial charge is 0.454 e. The average Bonchev–Trinajstić information content (AvgIpc) is 3.22. The number of anilines is 2. The second-order valence-corrected chi connectivity index (χ2v) is 7.98. The van der Waals surface area contributed by atoms with Gasteiger partial charge in [-0.3, -0.25) is 14.5 Å². The van der Waals surface area contributed by atoms with Crippen molar-refractivity contribution in [2.75, 3.05) is 23.6 Å². The van der Waals surface area contributed by atoms with Gasteiger partial charge in [-0.05, 0) is 60.9 Å². The molecule has 1 aromatic heterocycles. The maximum Gasteiger partial charge on any atom is 0.244 e. The molecule has 0 spiro atoms. The van der Waals surface area contributed by atoms with E-state index in [4.69, 9.17) is 14.5 Å². The third kappa shape index (κ3) is 4.15. The molecule has 3 aromatic rings. The number of aliphatic imine (C=N–C) groups is 1. The molecule has 2 aliphatic heterocycles. The smallest absolute Gasteiger partial charge is 0.244 e. The number of rotatable bonds is 4. The Bertz CT molecular complexity index is 1300. The second kappa shape index (κ2) is 8.38. The van der Waals surface area contributed by atoms with Crippen molar-refractivity contribution in [3.63, 3.8) is 0 Å². The maximum atomic E-state index is 13.2. The summed E-state index contributed by atoms with van der Waals surface area (Å²) >= 11 is 0. The van der Waals surface area contributed by atoms with Crippen molar-refractivity contribution in [3.05, 3.63) is 71.4 Å². The maximum absolute atomic E-state index is 13.2. The van der Waals surface area contributed by atoms with E-state index < -0.39 is 0 Å². The van der Waals surface area contributed by atoms with Crippen molar-refractivity contribution in [3.8, 4) is 11.5 Å². The summed E-state index contributed by atoms with van der Waals surface area (Å²) in [4.78, 5) is 36.6. The van der Waals surface area contributed by atoms with Crippen LogP contribution in [0.4, 0.5) is 17.2 Å². The molecule has 0 unspecified atom stereocenters. The first-order valence-electron chi connectivity index (χ1n) is 10.6. The third-order valence-corrected chi connectivity index (χ3v) is 5.70. The number of nitrogens with zero attached hydrogens (tertiary/aromatic N) is 3. The van der Waals surface area contributed by atoms with E-state index in [-0.39, 0.29) is 31.6 Å². The van der Waals surface area contributed by atoms with Crippen LogP contribution >= 0.6 is 0 Å². The molecule has 0 saturated heterocycles. The Kier molecular flexibility index (Phi) is 5.26. The lowest BCUT2D eigenvalue weighted by molar-refractivity contribution is -0.120. The average molecular weight is 442 g/mol. The van der Waals surface area contributed by atoms with Crippen LogP contribution in [-0.4, -0.2) is 35.8 Å². The van der Waals surface area contributed by atoms with Gasteiger partial charge in [0.1, 0.15) is 12.2 Å². The first-order valence-corrected chi connectivity index (χ1v) is 10.6. The van der Waals surface area contributed by atoms with Crippen LogP contribution in [0.25, 0.3) is 0 Å². The zero-order valence-corrected chi connectivity index (χ0v) is 18.3. The highest BCUT2D eigenvalue weighted by Gasteiger charge is 2.28. The molecule has 3 heterocycles. The van der Waals surface area contributed by atoms with Gasteiger partial charge in [0.15, 0.2) is 17.3 Å². The minimum absolute atomic E-state index is 0.0656. The Balaban J connectivity index is 1.40. The van der Waals surface area contributed by atoms with Gasteiger partial charge >= 0.3 is 0 Å². The molecule has 0 saturated carbocycles. The number of aromatic nitrogens is 1. The molecule has 1 N–H and O–H groups in total. The summed E-state index contributed by atoms with van der Waals surface area (Å²) < 4.78 is 10.7. The van der Waals surface area contributed by atoms with Gasteiger partial charge in [0.05, 0.1) is 12.1 Å². The topological polar surface area (TPSA) is 93.1 Å². The van der Waals surface area contributed by atoms with Crippen molar-refractivity contribution in [1.29, 1.82) is 0 Å². The number of hydrogen-bond donors (Lipinski definition) is 1. The number of pyridine rings is 1. The molecule has 2 aliphatic rings. The number of benzene rings is 2. The van der Waals surface area contributed by atoms with Gasteiger partial charge in [0.2, 0.25) is 18.6 Å². The van der Waals surface area contributed by atoms with Crippen molar-refractivity contribution >= 4 is 34.7 Å². The lowest BCUT2D eigenvalue weighted by Crippen LogP contribution is -2.39. The van der Waals surface area contributed by atoms with Crippen LogP contribution in [0.5, 0.6) is 11.5 Å². The summed E-state index contributed by atoms with van der Waals surface area (Å²) in [5.74, 6) is 0.961. The van der Waals surface area contributed by atoms with E-state index in [1.807, 2.05) is 32.0 Å². The molecule has 2 amide bonds. The van der Waals surface area contributed by atoms with Crippen LogP contribution in [0.15, 0.2) is 59.7 Å². The summed E-state index contributed by atoms with van der Waals surface area (Å²) in [6.45, 7) is 4.03. The Morgan fingerprint density at radius 2 is 1.91 bits per heavy atom. The van der Waals surface area contributed by atoms with Crippen LogP contribution in [0.2, 0.25) is 0 Å². The van der Waals surface area contributed by atoms with Crippen LogP contribution in [-0.2, 0) is 9.59 Å². The van der Waals surface area contributed by atoms with E-state index in [0.29, 0.717) is 34.4 Å². The van der Waals surface area contributed by atoms with E-state index in [9.17, 15) is 9.59 Å². The number of nitrogens with one attached hydrogen (secondary N) is 1. The normalized spacial score (nSPS) is 14.4. The Morgan fingerprint density at radius 1 is 1.06 bits per heavy atom. The molecule has 2 aromatic carbocycles. The predicted molar refractivity (Wildman–Crippen MR) is 125 cm³/mol. The fourth-order valence-corrected chi connectivity index (χ4v) is 3.79. The summed E-state index contributed by atoms with van der Waals surface area (Å²) in [7, 11) is 0. The van der Waals surface area contributed by atoms with E-state index in [2.05, 4.69) is 10.3 Å². The second-order valence-electron chi connectivity index (χ2n) is 7.98. The number of carbonyl (C=O) groups is 2. The standard InChI is InChI=1S/C25H22N4O4/c1-15-5-6-17(10-16(15)2)20-12-24(31)29(25-19(28-20)4-3-9-26-25)13-23(30)27-18-7-8-21-22(11-18)33-14-32-21/h3-11H,12-14H2,1-2H3,(H,27,30). The number of amides is 2. The third-order valence-electron chi connectivity index (χ3n) is 5.70. The molecule has 33 heavy (non-hydrogen) atoms. The SMILES string of the molecule is Cc1ccc(C2=Nc3cccnc3N(CC(=O)Nc3ccc4c(c3)OCO4)C(=O)C2)cc1C. The van der Waals surface area contributed by atoms with E-state index in [0.717, 1.165) is 11.1 Å². The van der Waals surface area contributed by atoms with E-state index in [1.165, 1.54) is 10.5 Å². The summed E-state index contributed by atoms with van der Waals surface area (Å²) in [5, 5.41) is 2.81. The van der Waals surface area contributed by atoms with Crippen molar-refractivity contribution in [2.45, 2.75) is 20.3 Å². The van der Waals surface area contributed by atoms with Gasteiger partial charge in [0, 0.05) is 18.0 Å². The fourth-order valence-electron chi connectivity index (χ4n) is 3.79. The van der Waals surface area contributed by atoms with Gasteiger partial charge < -0.3 is 14.8 Å². The van der Waals surface area contributed by atoms with E-state index in [1.54, 1.807) is 36.5 Å². The highest BCUT2D eigenvalue weighted by atomic mass is 16.7. The van der Waals surface area contributed by atoms with Crippen LogP contribution in [0.3, 0.4) is 0 Å². The molecule has 8 heteroatoms. The van der Waals surface area contributed by atoms with Gasteiger partial charge in [-0.1, -0.05) is 12.1 Å². The number of carbonyl (C=O) groups excluding carboxylic acids is 2. The highest BCUT2D eigenvalue weighted by Crippen LogP contribution is 2.34. The van der Waals surface area contributed by atoms with Crippen molar-refractivity contribution in [1.82, 2.24) is 4.98 Å². The Hall–Kier alpha value is -4.20. The molecule has 0 bridgehead atoms. The molecular weight excluding hydrogens is 420 g/mol. The fraction of sp³-hybridized carbons (Fsp3) is 0.200. The molecule has 0 radical (unpaired) electrons. The number of ether oxygens (including phenoxy) is 2. The zero-order chi connectivity index (χ0) is 22.9. The molecule has 8 nitrogen and oxygen atoms in total. The van der Waals surface area contributed by atoms with Crippen LogP contribution < -0.4 is 19.7 Å². The molecule has 0 fully saturated rings. The molecule has 166 valence electrons. The number of aryl methyl sites for hydroxylation is 2. The molecular formula is C25H22N4O4. The monoisotopic (exact) mass is 442 g/mol. The summed E-state index contributed by atoms with van der Waals surface area (Å²) in [6.07, 6.45) is 1.65. The zero-order valence-electron chi connectivity index (χ0n) is 18.3. The number of fused-ring (bicyclic) bond motifs is 2. The van der Waals surface area contributed by atoms with Gasteiger partial charge in [-0.15, -0.1) is 0 Å². The first-order chi connectivity index (χ1) is 16.0. The van der Waals surface area contributed by atoms with Crippen LogP contribution in [0.1, 0.15) is 23.1 Å². The highest BCUT2D eigenvalue weighted by molar-refractivity contribution is 6.18. The van der Waals surface area contributed by atoms with Gasteiger partial charge in [-0.2, -0.15) is 0 Å². The van der Waals surface area contributed by atoms with Gasteiger partial charge in [-0.25, -0.2) is 9.98 Å². The lowest BCUT2D eigenvalue weighted by Gasteiger charge is -2.20. The quantitative estimate of drug-likeness (QED) is 0.661. The minimum Gasteiger partial charge on any atom is -0.454 e. The summed E-state index contributed by atoms with van der Waals surface area (Å²) in [5.41, 5.74) is 4.93. The van der Waals surface area contributed by atoms with E-state index >= 15 is 0 Å². The lowest BCUT2D eigenvalue weighted by atomic mass is 10.0. The predicted octanol–water partition coefficient (Wildman–Crippen LogP) is 3.92. The molecule has 0 aliphatic carbocycles. The molecule has 0 atom stereocenters. The van der Waals surface area contributed by atoms with Crippen molar-refractivity contribution < 1.29 is 19.1 Å². The van der Waals surface area contributed by atoms with Gasteiger partial charge in [0.25, 0.3) is 0 Å². The van der Waals surface area contributed by atoms with Crippen molar-refractivity contribution in [2.24, 2.45) is 4.99 Å². The van der Waals surface area contributed by atoms with Crippen LogP contribution in [0, 0.1) is 13.8 Å². The Labute approximate surface area is 190 Å².